The van der Waals surface area contributed by atoms with Gasteiger partial charge in [0.15, 0.2) is 0 Å². The summed E-state index contributed by atoms with van der Waals surface area (Å²) in [6, 6.07) is 10.9. The molecule has 2 heteroatoms. The van der Waals surface area contributed by atoms with Crippen molar-refractivity contribution in [2.45, 2.75) is 6.42 Å². The van der Waals surface area contributed by atoms with Crippen LogP contribution >= 0.6 is 11.3 Å². The summed E-state index contributed by atoms with van der Waals surface area (Å²) < 4.78 is 0. The van der Waals surface area contributed by atoms with Gasteiger partial charge in [0, 0.05) is 34.4 Å². The number of thiophene rings is 1. The Morgan fingerprint density at radius 2 is 2.00 bits per heavy atom. The minimum atomic E-state index is 1.10. The van der Waals surface area contributed by atoms with E-state index in [0.29, 0.717) is 0 Å². The van der Waals surface area contributed by atoms with Crippen molar-refractivity contribution in [3.63, 3.8) is 0 Å². The van der Waals surface area contributed by atoms with Crippen LogP contribution in [0.5, 0.6) is 0 Å². The van der Waals surface area contributed by atoms with Crippen LogP contribution in [0.4, 0.5) is 0 Å². The summed E-state index contributed by atoms with van der Waals surface area (Å²) in [5.41, 5.74) is 6.77. The fraction of sp³-hybridized carbons (Fsp3) is 0.125. The van der Waals surface area contributed by atoms with Gasteiger partial charge in [0.25, 0.3) is 0 Å². The lowest BCUT2D eigenvalue weighted by atomic mass is 9.97. The molecule has 0 unspecified atom stereocenters. The predicted molar refractivity (Wildman–Crippen MR) is 77.9 cm³/mol. The second-order valence-electron chi connectivity index (χ2n) is 4.66. The van der Waals surface area contributed by atoms with E-state index in [2.05, 4.69) is 58.1 Å². The zero-order valence-electron chi connectivity index (χ0n) is 9.97. The van der Waals surface area contributed by atoms with Crippen LogP contribution in [0.25, 0.3) is 17.5 Å². The molecule has 0 atom stereocenters. The summed E-state index contributed by atoms with van der Waals surface area (Å²) in [5, 5.41) is 4.38. The van der Waals surface area contributed by atoms with E-state index in [-0.39, 0.29) is 0 Å². The Morgan fingerprint density at radius 1 is 1.06 bits per heavy atom. The van der Waals surface area contributed by atoms with Crippen molar-refractivity contribution in [3.05, 3.63) is 63.9 Å². The topological polar surface area (TPSA) is 3.24 Å². The van der Waals surface area contributed by atoms with Gasteiger partial charge in [0.1, 0.15) is 0 Å². The zero-order valence-corrected chi connectivity index (χ0v) is 10.8. The second-order valence-corrected chi connectivity index (χ2v) is 5.44. The van der Waals surface area contributed by atoms with Gasteiger partial charge in [-0.2, -0.15) is 11.3 Å². The lowest BCUT2D eigenvalue weighted by molar-refractivity contribution is 0.595. The first-order valence-electron chi connectivity index (χ1n) is 6.25. The van der Waals surface area contributed by atoms with Crippen LogP contribution in [-0.4, -0.2) is 11.4 Å². The van der Waals surface area contributed by atoms with Crippen LogP contribution < -0.4 is 0 Å². The lowest BCUT2D eigenvalue weighted by Gasteiger charge is -2.30. The van der Waals surface area contributed by atoms with Crippen molar-refractivity contribution < 1.29 is 0 Å². The molecule has 4 rings (SSSR count). The van der Waals surface area contributed by atoms with Gasteiger partial charge < -0.3 is 4.90 Å². The molecule has 0 aliphatic carbocycles. The molecule has 2 aliphatic rings. The molecule has 0 saturated carbocycles. The molecule has 0 fully saturated rings. The number of hydrogen-bond acceptors (Lipinski definition) is 2. The molecule has 88 valence electrons. The van der Waals surface area contributed by atoms with Gasteiger partial charge in [-0.3, -0.25) is 0 Å². The molecule has 0 N–H and O–H groups in total. The normalized spacial score (nSPS) is 17.0. The molecule has 1 nitrogen and oxygen atoms in total. The van der Waals surface area contributed by atoms with E-state index in [1.54, 1.807) is 11.3 Å². The standard InChI is InChI=1S/C16H13NS/c1-2-5-14-12(4-1)10-16(13-7-9-18-11-13)17-8-3-6-15(14)17/h1-2,4-7,9-11H,3,8H2. The molecule has 0 saturated heterocycles. The maximum absolute atomic E-state index is 2.45. The van der Waals surface area contributed by atoms with Crippen LogP contribution in [0.1, 0.15) is 23.1 Å². The fourth-order valence-corrected chi connectivity index (χ4v) is 3.45. The minimum absolute atomic E-state index is 1.10. The zero-order chi connectivity index (χ0) is 11.9. The van der Waals surface area contributed by atoms with Crippen LogP contribution in [0.2, 0.25) is 0 Å². The van der Waals surface area contributed by atoms with E-state index in [1.807, 2.05) is 0 Å². The highest BCUT2D eigenvalue weighted by atomic mass is 32.1. The van der Waals surface area contributed by atoms with Gasteiger partial charge in [-0.25, -0.2) is 0 Å². The van der Waals surface area contributed by atoms with E-state index < -0.39 is 0 Å². The van der Waals surface area contributed by atoms with E-state index in [0.717, 1.165) is 13.0 Å². The maximum atomic E-state index is 2.45. The predicted octanol–water partition coefficient (Wildman–Crippen LogP) is 4.31. The molecule has 0 radical (unpaired) electrons. The number of fused-ring (bicyclic) bond motifs is 3. The Hall–Kier alpha value is -1.80. The average Bonchev–Trinajstić information content (AvgIpc) is 3.09. The van der Waals surface area contributed by atoms with Crippen molar-refractivity contribution in [2.75, 3.05) is 6.54 Å². The molecule has 3 heterocycles. The molecule has 2 aliphatic heterocycles. The fourth-order valence-electron chi connectivity index (χ4n) is 2.80. The van der Waals surface area contributed by atoms with Crippen molar-refractivity contribution in [2.24, 2.45) is 0 Å². The van der Waals surface area contributed by atoms with E-state index in [9.17, 15) is 0 Å². The van der Waals surface area contributed by atoms with Crippen molar-refractivity contribution >= 4 is 28.8 Å². The number of rotatable bonds is 1. The first-order chi connectivity index (χ1) is 8.93. The molecule has 2 aromatic rings. The van der Waals surface area contributed by atoms with Crippen molar-refractivity contribution in [3.8, 4) is 0 Å². The Labute approximate surface area is 111 Å². The Balaban J connectivity index is 1.95. The quantitative estimate of drug-likeness (QED) is 0.730. The highest BCUT2D eigenvalue weighted by molar-refractivity contribution is 7.08. The highest BCUT2D eigenvalue weighted by Gasteiger charge is 2.26. The first-order valence-corrected chi connectivity index (χ1v) is 7.19. The van der Waals surface area contributed by atoms with E-state index in [4.69, 9.17) is 0 Å². The SMILES string of the molecule is C1=C(c2ccsc2)N2CCC=C2c2ccccc21. The van der Waals surface area contributed by atoms with Crippen molar-refractivity contribution in [1.82, 2.24) is 4.90 Å². The molecule has 0 bridgehead atoms. The summed E-state index contributed by atoms with van der Waals surface area (Å²) in [7, 11) is 0. The molecule has 1 aromatic heterocycles. The number of hydrogen-bond donors (Lipinski definition) is 0. The molecular formula is C16H13NS. The van der Waals surface area contributed by atoms with Crippen LogP contribution in [0.15, 0.2) is 47.2 Å². The Morgan fingerprint density at radius 3 is 2.89 bits per heavy atom. The largest absolute Gasteiger partial charge is 0.340 e. The van der Waals surface area contributed by atoms with Gasteiger partial charge in [-0.1, -0.05) is 30.3 Å². The Bertz CT molecular complexity index is 649. The van der Waals surface area contributed by atoms with Gasteiger partial charge in [-0.05, 0) is 29.5 Å². The van der Waals surface area contributed by atoms with Crippen LogP contribution in [-0.2, 0) is 0 Å². The minimum Gasteiger partial charge on any atom is -0.340 e. The third kappa shape index (κ3) is 1.39. The van der Waals surface area contributed by atoms with Gasteiger partial charge in [-0.15, -0.1) is 0 Å². The summed E-state index contributed by atoms with van der Waals surface area (Å²) in [5.74, 6) is 0. The highest BCUT2D eigenvalue weighted by Crippen LogP contribution is 2.40. The monoisotopic (exact) mass is 251 g/mol. The van der Waals surface area contributed by atoms with Gasteiger partial charge in [0.05, 0.1) is 0 Å². The molecule has 18 heavy (non-hydrogen) atoms. The average molecular weight is 251 g/mol. The molecule has 0 amide bonds. The molecule has 1 aromatic carbocycles. The van der Waals surface area contributed by atoms with Crippen LogP contribution in [0.3, 0.4) is 0 Å². The van der Waals surface area contributed by atoms with Gasteiger partial charge in [0.2, 0.25) is 0 Å². The van der Waals surface area contributed by atoms with Crippen molar-refractivity contribution in [1.29, 1.82) is 0 Å². The third-order valence-corrected chi connectivity index (χ3v) is 4.30. The lowest BCUT2D eigenvalue weighted by Crippen LogP contribution is -2.20. The van der Waals surface area contributed by atoms with Gasteiger partial charge >= 0.3 is 0 Å². The van der Waals surface area contributed by atoms with Crippen LogP contribution in [0, 0.1) is 0 Å². The van der Waals surface area contributed by atoms with E-state index >= 15 is 0 Å². The molecule has 0 spiro atoms. The summed E-state index contributed by atoms with van der Waals surface area (Å²) >= 11 is 1.76. The smallest absolute Gasteiger partial charge is 0.0499 e. The van der Waals surface area contributed by atoms with E-state index in [1.165, 1.54) is 28.1 Å². The second kappa shape index (κ2) is 3.85. The summed E-state index contributed by atoms with van der Waals surface area (Å²) in [6.45, 7) is 1.10. The molecular weight excluding hydrogens is 238 g/mol. The number of benzene rings is 1. The third-order valence-electron chi connectivity index (χ3n) is 3.62. The summed E-state index contributed by atoms with van der Waals surface area (Å²) in [6.07, 6.45) is 5.82. The maximum Gasteiger partial charge on any atom is 0.0499 e. The summed E-state index contributed by atoms with van der Waals surface area (Å²) in [4.78, 5) is 2.45. The first kappa shape index (κ1) is 10.2. The Kier molecular flexibility index (Phi) is 2.17. The number of nitrogens with zero attached hydrogens (tertiary/aromatic N) is 1.